The fourth-order valence-corrected chi connectivity index (χ4v) is 2.32. The first-order chi connectivity index (χ1) is 7.56. The molecule has 1 amide bonds. The second-order valence-corrected chi connectivity index (χ2v) is 4.95. The maximum atomic E-state index is 11.5. The smallest absolute Gasteiger partial charge is 0.234 e. The third-order valence-electron chi connectivity index (χ3n) is 3.08. The van der Waals surface area contributed by atoms with Crippen LogP contribution in [0.4, 0.5) is 0 Å². The number of rotatable bonds is 6. The standard InChI is InChI=1S/C12H24N2O2/c1-3-8-13-11(15)9-14(2)10-12(16)6-4-5-7-12/h16H,3-10H2,1-2H3,(H,13,15). The van der Waals surface area contributed by atoms with Crippen LogP contribution in [0.1, 0.15) is 39.0 Å². The number of hydrogen-bond donors (Lipinski definition) is 2. The van der Waals surface area contributed by atoms with E-state index in [4.69, 9.17) is 0 Å². The van der Waals surface area contributed by atoms with E-state index in [0.29, 0.717) is 13.1 Å². The molecule has 0 atom stereocenters. The Hall–Kier alpha value is -0.610. The molecule has 4 nitrogen and oxygen atoms in total. The van der Waals surface area contributed by atoms with Crippen LogP contribution in [0.2, 0.25) is 0 Å². The van der Waals surface area contributed by atoms with Crippen LogP contribution in [-0.4, -0.2) is 48.2 Å². The number of likely N-dealkylation sites (N-methyl/N-ethyl adjacent to an activating group) is 1. The number of aliphatic hydroxyl groups is 1. The highest BCUT2D eigenvalue weighted by Crippen LogP contribution is 2.29. The Morgan fingerprint density at radius 2 is 2.06 bits per heavy atom. The van der Waals surface area contributed by atoms with Crippen LogP contribution in [0.3, 0.4) is 0 Å². The molecular formula is C12H24N2O2. The topological polar surface area (TPSA) is 52.6 Å². The van der Waals surface area contributed by atoms with Crippen molar-refractivity contribution in [2.75, 3.05) is 26.7 Å². The van der Waals surface area contributed by atoms with Gasteiger partial charge in [0.1, 0.15) is 0 Å². The molecular weight excluding hydrogens is 204 g/mol. The van der Waals surface area contributed by atoms with Gasteiger partial charge in [0.25, 0.3) is 0 Å². The first-order valence-corrected chi connectivity index (χ1v) is 6.23. The van der Waals surface area contributed by atoms with Gasteiger partial charge in [-0.3, -0.25) is 9.69 Å². The first kappa shape index (κ1) is 13.5. The quantitative estimate of drug-likeness (QED) is 0.705. The minimum Gasteiger partial charge on any atom is -0.389 e. The number of nitrogens with zero attached hydrogens (tertiary/aromatic N) is 1. The molecule has 0 spiro atoms. The normalized spacial score (nSPS) is 19.0. The number of hydrogen-bond acceptors (Lipinski definition) is 3. The molecule has 4 heteroatoms. The van der Waals surface area contributed by atoms with Gasteiger partial charge in [-0.2, -0.15) is 0 Å². The Morgan fingerprint density at radius 1 is 1.44 bits per heavy atom. The minimum atomic E-state index is -0.556. The lowest BCUT2D eigenvalue weighted by Crippen LogP contribution is -2.43. The van der Waals surface area contributed by atoms with Crippen LogP contribution in [-0.2, 0) is 4.79 Å². The highest BCUT2D eigenvalue weighted by Gasteiger charge is 2.32. The van der Waals surface area contributed by atoms with Gasteiger partial charge in [0.05, 0.1) is 12.1 Å². The number of carbonyl (C=O) groups excluding carboxylic acids is 1. The molecule has 0 aliphatic heterocycles. The molecule has 0 aromatic carbocycles. The van der Waals surface area contributed by atoms with Crippen molar-refractivity contribution in [3.8, 4) is 0 Å². The van der Waals surface area contributed by atoms with Crippen molar-refractivity contribution in [3.63, 3.8) is 0 Å². The van der Waals surface area contributed by atoms with Crippen molar-refractivity contribution in [1.29, 1.82) is 0 Å². The van der Waals surface area contributed by atoms with Crippen molar-refractivity contribution >= 4 is 5.91 Å². The Balaban J connectivity index is 2.24. The molecule has 0 saturated heterocycles. The molecule has 0 radical (unpaired) electrons. The largest absolute Gasteiger partial charge is 0.389 e. The Kier molecular flexibility index (Phi) is 5.22. The number of amides is 1. The predicted octanol–water partition coefficient (Wildman–Crippen LogP) is 0.749. The summed E-state index contributed by atoms with van der Waals surface area (Å²) in [4.78, 5) is 13.4. The summed E-state index contributed by atoms with van der Waals surface area (Å²) in [6, 6.07) is 0. The van der Waals surface area contributed by atoms with Gasteiger partial charge in [-0.25, -0.2) is 0 Å². The molecule has 0 bridgehead atoms. The second-order valence-electron chi connectivity index (χ2n) is 4.95. The zero-order valence-electron chi connectivity index (χ0n) is 10.5. The minimum absolute atomic E-state index is 0.0472. The summed E-state index contributed by atoms with van der Waals surface area (Å²) < 4.78 is 0. The highest BCUT2D eigenvalue weighted by molar-refractivity contribution is 5.77. The van der Waals surface area contributed by atoms with E-state index in [1.54, 1.807) is 0 Å². The fourth-order valence-electron chi connectivity index (χ4n) is 2.32. The van der Waals surface area contributed by atoms with Gasteiger partial charge in [-0.1, -0.05) is 19.8 Å². The summed E-state index contributed by atoms with van der Waals surface area (Å²) in [5.74, 6) is 0.0472. The van der Waals surface area contributed by atoms with E-state index in [0.717, 1.165) is 38.6 Å². The van der Waals surface area contributed by atoms with E-state index in [1.807, 2.05) is 18.9 Å². The molecule has 16 heavy (non-hydrogen) atoms. The van der Waals surface area contributed by atoms with Crippen LogP contribution < -0.4 is 5.32 Å². The third-order valence-corrected chi connectivity index (χ3v) is 3.08. The van der Waals surface area contributed by atoms with E-state index < -0.39 is 5.60 Å². The first-order valence-electron chi connectivity index (χ1n) is 6.23. The lowest BCUT2D eigenvalue weighted by atomic mass is 10.0. The zero-order valence-corrected chi connectivity index (χ0v) is 10.5. The van der Waals surface area contributed by atoms with Gasteiger partial charge in [0.2, 0.25) is 5.91 Å². The SMILES string of the molecule is CCCNC(=O)CN(C)CC1(O)CCCC1. The van der Waals surface area contributed by atoms with Gasteiger partial charge in [0.15, 0.2) is 0 Å². The van der Waals surface area contributed by atoms with Crippen LogP contribution in [0.5, 0.6) is 0 Å². The van der Waals surface area contributed by atoms with E-state index in [2.05, 4.69) is 5.32 Å². The lowest BCUT2D eigenvalue weighted by Gasteiger charge is -2.28. The summed E-state index contributed by atoms with van der Waals surface area (Å²) in [7, 11) is 1.89. The Morgan fingerprint density at radius 3 is 2.62 bits per heavy atom. The molecule has 1 aliphatic carbocycles. The zero-order chi connectivity index (χ0) is 12.0. The van der Waals surface area contributed by atoms with Crippen LogP contribution in [0.25, 0.3) is 0 Å². The van der Waals surface area contributed by atoms with E-state index in [-0.39, 0.29) is 5.91 Å². The number of nitrogens with one attached hydrogen (secondary N) is 1. The van der Waals surface area contributed by atoms with Crippen LogP contribution >= 0.6 is 0 Å². The van der Waals surface area contributed by atoms with E-state index >= 15 is 0 Å². The van der Waals surface area contributed by atoms with Crippen LogP contribution in [0, 0.1) is 0 Å². The van der Waals surface area contributed by atoms with E-state index in [9.17, 15) is 9.90 Å². The van der Waals surface area contributed by atoms with Crippen molar-refractivity contribution in [1.82, 2.24) is 10.2 Å². The molecule has 0 aromatic rings. The van der Waals surface area contributed by atoms with Gasteiger partial charge in [0, 0.05) is 13.1 Å². The Bertz CT molecular complexity index is 225. The molecule has 1 fully saturated rings. The number of carbonyl (C=O) groups is 1. The van der Waals surface area contributed by atoms with Crippen LogP contribution in [0.15, 0.2) is 0 Å². The summed E-state index contributed by atoms with van der Waals surface area (Å²) in [5, 5.41) is 13.0. The second kappa shape index (κ2) is 6.21. The summed E-state index contributed by atoms with van der Waals surface area (Å²) in [5.41, 5.74) is -0.556. The van der Waals surface area contributed by atoms with Gasteiger partial charge >= 0.3 is 0 Å². The van der Waals surface area contributed by atoms with Gasteiger partial charge < -0.3 is 10.4 Å². The molecule has 0 unspecified atom stereocenters. The molecule has 0 heterocycles. The monoisotopic (exact) mass is 228 g/mol. The van der Waals surface area contributed by atoms with Gasteiger partial charge in [-0.15, -0.1) is 0 Å². The molecule has 0 aromatic heterocycles. The lowest BCUT2D eigenvalue weighted by molar-refractivity contribution is -0.122. The highest BCUT2D eigenvalue weighted by atomic mass is 16.3. The van der Waals surface area contributed by atoms with E-state index in [1.165, 1.54) is 0 Å². The summed E-state index contributed by atoms with van der Waals surface area (Å²) in [6.07, 6.45) is 4.90. The van der Waals surface area contributed by atoms with Gasteiger partial charge in [-0.05, 0) is 26.3 Å². The summed E-state index contributed by atoms with van der Waals surface area (Å²) in [6.45, 7) is 3.75. The third kappa shape index (κ3) is 4.49. The molecule has 1 aliphatic rings. The molecule has 94 valence electrons. The Labute approximate surface area is 98.0 Å². The van der Waals surface area contributed by atoms with Crippen molar-refractivity contribution in [3.05, 3.63) is 0 Å². The molecule has 1 rings (SSSR count). The fraction of sp³-hybridized carbons (Fsp3) is 0.917. The maximum Gasteiger partial charge on any atom is 0.234 e. The van der Waals surface area contributed by atoms with Crippen molar-refractivity contribution < 1.29 is 9.90 Å². The summed E-state index contributed by atoms with van der Waals surface area (Å²) >= 11 is 0. The maximum absolute atomic E-state index is 11.5. The average Bonchev–Trinajstić information content (AvgIpc) is 2.61. The molecule has 2 N–H and O–H groups in total. The average molecular weight is 228 g/mol. The molecule has 1 saturated carbocycles. The van der Waals surface area contributed by atoms with Crippen molar-refractivity contribution in [2.45, 2.75) is 44.6 Å². The van der Waals surface area contributed by atoms with Crippen molar-refractivity contribution in [2.24, 2.45) is 0 Å². The predicted molar refractivity (Wildman–Crippen MR) is 64.2 cm³/mol.